The molecule has 1 aromatic heterocycles. The summed E-state index contributed by atoms with van der Waals surface area (Å²) < 4.78 is 7.01. The molecule has 0 aliphatic carbocycles. The summed E-state index contributed by atoms with van der Waals surface area (Å²) in [4.78, 5) is 4.37. The van der Waals surface area contributed by atoms with Crippen molar-refractivity contribution in [3.05, 3.63) is 70.3 Å². The van der Waals surface area contributed by atoms with Gasteiger partial charge in [0.25, 0.3) is 0 Å². The SMILES string of the molecule is BrCc1cc(OCc2ccnc3ccccc23)ccc1Br. The first kappa shape index (κ1) is 14.5. The number of halogens is 2. The Bertz CT molecular complexity index is 768. The summed E-state index contributed by atoms with van der Waals surface area (Å²) >= 11 is 7.00. The fraction of sp³-hybridized carbons (Fsp3) is 0.118. The fourth-order valence-corrected chi connectivity index (χ4v) is 3.41. The number of rotatable bonds is 4. The Morgan fingerprint density at radius 2 is 1.86 bits per heavy atom. The van der Waals surface area contributed by atoms with Gasteiger partial charge in [-0.1, -0.05) is 50.1 Å². The van der Waals surface area contributed by atoms with Crippen molar-refractivity contribution in [2.75, 3.05) is 0 Å². The van der Waals surface area contributed by atoms with Crippen LogP contribution in [0.3, 0.4) is 0 Å². The van der Waals surface area contributed by atoms with E-state index in [2.05, 4.69) is 42.9 Å². The standard InChI is InChI=1S/C17H13Br2NO/c18-10-13-9-14(5-6-16(13)19)21-11-12-7-8-20-17-4-2-1-3-15(12)17/h1-9H,10-11H2. The van der Waals surface area contributed by atoms with Crippen LogP contribution in [0.15, 0.2) is 59.2 Å². The molecule has 0 fully saturated rings. The number of aromatic nitrogens is 1. The second-order valence-electron chi connectivity index (χ2n) is 4.66. The van der Waals surface area contributed by atoms with Gasteiger partial charge in [0.1, 0.15) is 12.4 Å². The Hall–Kier alpha value is -1.39. The van der Waals surface area contributed by atoms with E-state index in [9.17, 15) is 0 Å². The topological polar surface area (TPSA) is 22.1 Å². The van der Waals surface area contributed by atoms with Gasteiger partial charge in [-0.15, -0.1) is 0 Å². The highest BCUT2D eigenvalue weighted by Crippen LogP contribution is 2.25. The lowest BCUT2D eigenvalue weighted by molar-refractivity contribution is 0.307. The zero-order chi connectivity index (χ0) is 14.7. The van der Waals surface area contributed by atoms with Crippen LogP contribution in [0.2, 0.25) is 0 Å². The fourth-order valence-electron chi connectivity index (χ4n) is 2.19. The summed E-state index contributed by atoms with van der Waals surface area (Å²) in [5, 5.41) is 1.93. The molecule has 0 aliphatic heterocycles. The van der Waals surface area contributed by atoms with Crippen molar-refractivity contribution in [2.45, 2.75) is 11.9 Å². The van der Waals surface area contributed by atoms with Gasteiger partial charge in [-0.25, -0.2) is 0 Å². The van der Waals surface area contributed by atoms with E-state index in [0.29, 0.717) is 6.61 Å². The second-order valence-corrected chi connectivity index (χ2v) is 6.08. The van der Waals surface area contributed by atoms with Crippen molar-refractivity contribution in [1.29, 1.82) is 0 Å². The van der Waals surface area contributed by atoms with E-state index in [-0.39, 0.29) is 0 Å². The average Bonchev–Trinajstić information content (AvgIpc) is 2.54. The van der Waals surface area contributed by atoms with Gasteiger partial charge in [0, 0.05) is 26.9 Å². The number of pyridine rings is 1. The molecule has 21 heavy (non-hydrogen) atoms. The third-order valence-corrected chi connectivity index (χ3v) is 4.67. The number of nitrogens with zero attached hydrogens (tertiary/aromatic N) is 1. The van der Waals surface area contributed by atoms with E-state index >= 15 is 0 Å². The Morgan fingerprint density at radius 1 is 1.00 bits per heavy atom. The van der Waals surface area contributed by atoms with Crippen LogP contribution in [0, 0.1) is 0 Å². The number of benzene rings is 2. The maximum Gasteiger partial charge on any atom is 0.120 e. The summed E-state index contributed by atoms with van der Waals surface area (Å²) in [6.07, 6.45) is 1.83. The first-order valence-electron chi connectivity index (χ1n) is 6.58. The van der Waals surface area contributed by atoms with Gasteiger partial charge in [0.2, 0.25) is 0 Å². The first-order chi connectivity index (χ1) is 10.3. The monoisotopic (exact) mass is 405 g/mol. The van der Waals surface area contributed by atoms with Crippen LogP contribution in [0.25, 0.3) is 10.9 Å². The van der Waals surface area contributed by atoms with Gasteiger partial charge >= 0.3 is 0 Å². The number of hydrogen-bond donors (Lipinski definition) is 0. The van der Waals surface area contributed by atoms with E-state index in [1.807, 2.05) is 48.7 Å². The predicted octanol–water partition coefficient (Wildman–Crippen LogP) is 5.47. The molecule has 2 aromatic carbocycles. The maximum absolute atomic E-state index is 5.93. The van der Waals surface area contributed by atoms with E-state index in [0.717, 1.165) is 32.0 Å². The zero-order valence-corrected chi connectivity index (χ0v) is 14.4. The Balaban J connectivity index is 1.83. The van der Waals surface area contributed by atoms with Crippen LogP contribution in [-0.2, 0) is 11.9 Å². The molecule has 0 saturated heterocycles. The molecule has 0 radical (unpaired) electrons. The normalized spacial score (nSPS) is 10.8. The van der Waals surface area contributed by atoms with E-state index < -0.39 is 0 Å². The molecule has 4 heteroatoms. The molecule has 0 aliphatic rings. The van der Waals surface area contributed by atoms with Crippen LogP contribution in [-0.4, -0.2) is 4.98 Å². The Morgan fingerprint density at radius 3 is 2.71 bits per heavy atom. The molecule has 0 saturated carbocycles. The highest BCUT2D eigenvalue weighted by atomic mass is 79.9. The van der Waals surface area contributed by atoms with Crippen molar-refractivity contribution in [3.8, 4) is 5.75 Å². The third kappa shape index (κ3) is 3.27. The zero-order valence-electron chi connectivity index (χ0n) is 11.2. The molecule has 0 spiro atoms. The van der Waals surface area contributed by atoms with Crippen molar-refractivity contribution in [3.63, 3.8) is 0 Å². The van der Waals surface area contributed by atoms with Crippen molar-refractivity contribution in [2.24, 2.45) is 0 Å². The number of hydrogen-bond acceptors (Lipinski definition) is 2. The van der Waals surface area contributed by atoms with E-state index in [4.69, 9.17) is 4.74 Å². The summed E-state index contributed by atoms with van der Waals surface area (Å²) in [7, 11) is 0. The number of fused-ring (bicyclic) bond motifs is 1. The van der Waals surface area contributed by atoms with E-state index in [1.54, 1.807) is 0 Å². The molecular formula is C17H13Br2NO. The minimum atomic E-state index is 0.534. The smallest absolute Gasteiger partial charge is 0.120 e. The maximum atomic E-state index is 5.93. The van der Waals surface area contributed by atoms with Crippen LogP contribution in [0.4, 0.5) is 0 Å². The first-order valence-corrected chi connectivity index (χ1v) is 8.49. The summed E-state index contributed by atoms with van der Waals surface area (Å²) in [6.45, 7) is 0.534. The van der Waals surface area contributed by atoms with Crippen LogP contribution < -0.4 is 4.74 Å². The lowest BCUT2D eigenvalue weighted by atomic mass is 10.1. The van der Waals surface area contributed by atoms with Crippen molar-refractivity contribution in [1.82, 2.24) is 4.98 Å². The van der Waals surface area contributed by atoms with Crippen LogP contribution in [0.5, 0.6) is 5.75 Å². The summed E-state index contributed by atoms with van der Waals surface area (Å²) in [5.41, 5.74) is 3.31. The molecule has 0 atom stereocenters. The highest BCUT2D eigenvalue weighted by Gasteiger charge is 2.04. The third-order valence-electron chi connectivity index (χ3n) is 3.29. The lowest BCUT2D eigenvalue weighted by Gasteiger charge is -2.10. The van der Waals surface area contributed by atoms with Gasteiger partial charge < -0.3 is 4.74 Å². The minimum Gasteiger partial charge on any atom is -0.489 e. The summed E-state index contributed by atoms with van der Waals surface area (Å²) in [5.74, 6) is 0.869. The molecule has 3 rings (SSSR count). The number of alkyl halides is 1. The Labute approximate surface area is 140 Å². The molecular weight excluding hydrogens is 394 g/mol. The molecule has 2 nitrogen and oxygen atoms in total. The lowest BCUT2D eigenvalue weighted by Crippen LogP contribution is -1.97. The molecule has 0 unspecified atom stereocenters. The van der Waals surface area contributed by atoms with Crippen molar-refractivity contribution >= 4 is 42.8 Å². The number of para-hydroxylation sites is 1. The van der Waals surface area contributed by atoms with Gasteiger partial charge in [-0.3, -0.25) is 4.98 Å². The molecule has 106 valence electrons. The minimum absolute atomic E-state index is 0.534. The average molecular weight is 407 g/mol. The highest BCUT2D eigenvalue weighted by molar-refractivity contribution is 9.10. The van der Waals surface area contributed by atoms with Crippen molar-refractivity contribution < 1.29 is 4.74 Å². The van der Waals surface area contributed by atoms with Crippen LogP contribution in [0.1, 0.15) is 11.1 Å². The van der Waals surface area contributed by atoms with Gasteiger partial charge in [-0.2, -0.15) is 0 Å². The number of ether oxygens (including phenoxy) is 1. The van der Waals surface area contributed by atoms with Gasteiger partial charge in [0.15, 0.2) is 0 Å². The largest absolute Gasteiger partial charge is 0.489 e. The second kappa shape index (κ2) is 6.58. The summed E-state index contributed by atoms with van der Waals surface area (Å²) in [6, 6.07) is 16.1. The molecule has 0 amide bonds. The van der Waals surface area contributed by atoms with Gasteiger partial charge in [0.05, 0.1) is 5.52 Å². The van der Waals surface area contributed by atoms with Crippen LogP contribution >= 0.6 is 31.9 Å². The molecule has 0 N–H and O–H groups in total. The molecule has 0 bridgehead atoms. The Kier molecular flexibility index (Phi) is 4.56. The van der Waals surface area contributed by atoms with E-state index in [1.165, 1.54) is 5.56 Å². The molecule has 3 aromatic rings. The quantitative estimate of drug-likeness (QED) is 0.536. The predicted molar refractivity (Wildman–Crippen MR) is 92.8 cm³/mol. The molecule has 1 heterocycles. The van der Waals surface area contributed by atoms with Gasteiger partial charge in [-0.05, 0) is 35.9 Å².